The first-order valence-corrected chi connectivity index (χ1v) is 6.14. The third-order valence-corrected chi connectivity index (χ3v) is 3.19. The molecule has 0 amide bonds. The largest absolute Gasteiger partial charge is 0.381 e. The minimum atomic E-state index is 0.666. The maximum Gasteiger partial charge on any atom is 0.121 e. The minimum absolute atomic E-state index is 0.666. The number of H-pyrrole nitrogens is 1. The first-order valence-electron chi connectivity index (χ1n) is 6.14. The maximum atomic E-state index is 5.34. The quantitative estimate of drug-likeness (QED) is 0.842. The first kappa shape index (κ1) is 10.7. The Hall–Kier alpha value is -1.39. The van der Waals surface area contributed by atoms with E-state index >= 15 is 0 Å². The highest BCUT2D eigenvalue weighted by Crippen LogP contribution is 2.12. The zero-order chi connectivity index (χ0) is 11.5. The summed E-state index contributed by atoms with van der Waals surface area (Å²) in [5.41, 5.74) is 2.14. The molecule has 4 nitrogen and oxygen atoms in total. The maximum absolute atomic E-state index is 5.34. The van der Waals surface area contributed by atoms with Crippen LogP contribution < -0.4 is 5.32 Å². The second kappa shape index (κ2) is 4.85. The Morgan fingerprint density at radius 2 is 2.35 bits per heavy atom. The highest BCUT2D eigenvalue weighted by atomic mass is 16.5. The molecule has 0 aliphatic carbocycles. The number of hydrogen-bond donors (Lipinski definition) is 2. The Bertz CT molecular complexity index is 455. The van der Waals surface area contributed by atoms with Gasteiger partial charge in [-0.2, -0.15) is 0 Å². The Labute approximate surface area is 100 Å². The molecule has 1 aromatic carbocycles. The Morgan fingerprint density at radius 3 is 3.18 bits per heavy atom. The highest BCUT2D eigenvalue weighted by Gasteiger charge is 2.14. The fraction of sp³-hybridized carbons (Fsp3) is 0.462. The van der Waals surface area contributed by atoms with Crippen LogP contribution in [0.25, 0.3) is 11.0 Å². The smallest absolute Gasteiger partial charge is 0.121 e. The lowest BCUT2D eigenvalue weighted by Crippen LogP contribution is -2.23. The van der Waals surface area contributed by atoms with Gasteiger partial charge in [0.1, 0.15) is 5.82 Å². The Morgan fingerprint density at radius 1 is 1.41 bits per heavy atom. The number of fused-ring (bicyclic) bond motifs is 1. The molecule has 2 heterocycles. The van der Waals surface area contributed by atoms with E-state index in [2.05, 4.69) is 21.4 Å². The topological polar surface area (TPSA) is 49.9 Å². The van der Waals surface area contributed by atoms with E-state index < -0.39 is 0 Å². The average Bonchev–Trinajstić information content (AvgIpc) is 2.96. The van der Waals surface area contributed by atoms with Crippen LogP contribution in [-0.4, -0.2) is 29.7 Å². The van der Waals surface area contributed by atoms with E-state index in [-0.39, 0.29) is 0 Å². The molecule has 2 aromatic rings. The summed E-state index contributed by atoms with van der Waals surface area (Å²) in [4.78, 5) is 7.84. The van der Waals surface area contributed by atoms with Gasteiger partial charge in [-0.15, -0.1) is 0 Å². The fourth-order valence-corrected chi connectivity index (χ4v) is 2.23. The van der Waals surface area contributed by atoms with Crippen LogP contribution in [0.2, 0.25) is 0 Å². The molecule has 0 bridgehead atoms. The van der Waals surface area contributed by atoms with Crippen molar-refractivity contribution in [2.75, 3.05) is 19.8 Å². The second-order valence-electron chi connectivity index (χ2n) is 4.56. The molecule has 1 fully saturated rings. The van der Waals surface area contributed by atoms with Gasteiger partial charge in [0.05, 0.1) is 24.2 Å². The van der Waals surface area contributed by atoms with Gasteiger partial charge in [0.25, 0.3) is 0 Å². The van der Waals surface area contributed by atoms with Gasteiger partial charge in [0.15, 0.2) is 0 Å². The molecule has 3 rings (SSSR count). The summed E-state index contributed by atoms with van der Waals surface area (Å²) >= 11 is 0. The number of hydrogen-bond acceptors (Lipinski definition) is 3. The zero-order valence-corrected chi connectivity index (χ0v) is 9.78. The molecule has 4 heteroatoms. The van der Waals surface area contributed by atoms with Crippen LogP contribution in [0.3, 0.4) is 0 Å². The third-order valence-electron chi connectivity index (χ3n) is 3.19. The summed E-state index contributed by atoms with van der Waals surface area (Å²) in [6.45, 7) is 3.62. The van der Waals surface area contributed by atoms with Crippen molar-refractivity contribution in [1.82, 2.24) is 15.3 Å². The van der Waals surface area contributed by atoms with Crippen LogP contribution in [0.4, 0.5) is 0 Å². The first-order chi connectivity index (χ1) is 8.42. The van der Waals surface area contributed by atoms with Crippen molar-refractivity contribution in [2.45, 2.75) is 13.0 Å². The predicted octanol–water partition coefficient (Wildman–Crippen LogP) is 1.69. The van der Waals surface area contributed by atoms with E-state index in [1.54, 1.807) is 0 Å². The lowest BCUT2D eigenvalue weighted by molar-refractivity contribution is 0.185. The van der Waals surface area contributed by atoms with Gasteiger partial charge in [0.2, 0.25) is 0 Å². The van der Waals surface area contributed by atoms with Crippen LogP contribution in [0.1, 0.15) is 12.2 Å². The van der Waals surface area contributed by atoms with E-state index in [0.29, 0.717) is 5.92 Å². The van der Waals surface area contributed by atoms with Crippen LogP contribution >= 0.6 is 0 Å². The van der Waals surface area contributed by atoms with Gasteiger partial charge >= 0.3 is 0 Å². The van der Waals surface area contributed by atoms with E-state index in [1.807, 2.05) is 18.2 Å². The second-order valence-corrected chi connectivity index (χ2v) is 4.56. The van der Waals surface area contributed by atoms with Crippen LogP contribution in [0.5, 0.6) is 0 Å². The van der Waals surface area contributed by atoms with E-state index in [9.17, 15) is 0 Å². The number of imidazole rings is 1. The predicted molar refractivity (Wildman–Crippen MR) is 66.7 cm³/mol. The summed E-state index contributed by atoms with van der Waals surface area (Å²) < 4.78 is 5.34. The van der Waals surface area contributed by atoms with Crippen molar-refractivity contribution >= 4 is 11.0 Å². The van der Waals surface area contributed by atoms with E-state index in [4.69, 9.17) is 4.74 Å². The minimum Gasteiger partial charge on any atom is -0.381 e. The lowest BCUT2D eigenvalue weighted by Gasteiger charge is -2.07. The van der Waals surface area contributed by atoms with Crippen LogP contribution in [0.15, 0.2) is 24.3 Å². The number of aromatic nitrogens is 2. The Kier molecular flexibility index (Phi) is 3.07. The summed E-state index contributed by atoms with van der Waals surface area (Å²) in [6, 6.07) is 8.11. The van der Waals surface area contributed by atoms with Crippen LogP contribution in [-0.2, 0) is 11.3 Å². The van der Waals surface area contributed by atoms with Crippen molar-refractivity contribution in [3.63, 3.8) is 0 Å². The molecule has 1 aliphatic rings. The summed E-state index contributed by atoms with van der Waals surface area (Å²) in [5, 5.41) is 3.43. The van der Waals surface area contributed by atoms with Crippen molar-refractivity contribution in [1.29, 1.82) is 0 Å². The monoisotopic (exact) mass is 231 g/mol. The molecule has 1 saturated heterocycles. The molecule has 0 spiro atoms. The number of nitrogens with one attached hydrogen (secondary N) is 2. The highest BCUT2D eigenvalue weighted by molar-refractivity contribution is 5.74. The molecular weight excluding hydrogens is 214 g/mol. The van der Waals surface area contributed by atoms with Crippen LogP contribution in [0, 0.1) is 5.92 Å². The normalized spacial score (nSPS) is 20.1. The molecule has 0 saturated carbocycles. The number of rotatable bonds is 4. The average molecular weight is 231 g/mol. The van der Waals surface area contributed by atoms with E-state index in [1.165, 1.54) is 6.42 Å². The number of ether oxygens (including phenoxy) is 1. The van der Waals surface area contributed by atoms with Crippen molar-refractivity contribution < 1.29 is 4.74 Å². The SMILES string of the molecule is c1ccc2[nH]c(CNCC3CCOC3)nc2c1. The van der Waals surface area contributed by atoms with Gasteiger partial charge in [-0.25, -0.2) is 4.98 Å². The molecular formula is C13H17N3O. The molecule has 1 aliphatic heterocycles. The molecule has 1 unspecified atom stereocenters. The number of aromatic amines is 1. The number of nitrogens with zero attached hydrogens (tertiary/aromatic N) is 1. The number of para-hydroxylation sites is 2. The number of benzene rings is 1. The van der Waals surface area contributed by atoms with Gasteiger partial charge in [0, 0.05) is 13.2 Å². The standard InChI is InChI=1S/C13H17N3O/c1-2-4-12-11(3-1)15-13(16-12)8-14-7-10-5-6-17-9-10/h1-4,10,14H,5-9H2,(H,15,16). The Balaban J connectivity index is 1.57. The van der Waals surface area contributed by atoms with Crippen molar-refractivity contribution in [2.24, 2.45) is 5.92 Å². The molecule has 2 N–H and O–H groups in total. The molecule has 0 radical (unpaired) electrons. The van der Waals surface area contributed by atoms with E-state index in [0.717, 1.165) is 43.2 Å². The van der Waals surface area contributed by atoms with Gasteiger partial charge in [-0.3, -0.25) is 0 Å². The van der Waals surface area contributed by atoms with Gasteiger partial charge in [-0.1, -0.05) is 12.1 Å². The molecule has 17 heavy (non-hydrogen) atoms. The lowest BCUT2D eigenvalue weighted by atomic mass is 10.1. The fourth-order valence-electron chi connectivity index (χ4n) is 2.23. The molecule has 90 valence electrons. The third kappa shape index (κ3) is 2.48. The zero-order valence-electron chi connectivity index (χ0n) is 9.78. The van der Waals surface area contributed by atoms with Gasteiger partial charge < -0.3 is 15.0 Å². The summed E-state index contributed by atoms with van der Waals surface area (Å²) in [7, 11) is 0. The van der Waals surface area contributed by atoms with Crippen molar-refractivity contribution in [3.8, 4) is 0 Å². The molecule has 1 aromatic heterocycles. The summed E-state index contributed by atoms with van der Waals surface area (Å²) in [5.74, 6) is 1.67. The summed E-state index contributed by atoms with van der Waals surface area (Å²) in [6.07, 6.45) is 1.17. The molecule has 1 atom stereocenters. The van der Waals surface area contributed by atoms with Gasteiger partial charge in [-0.05, 0) is 24.5 Å². The van der Waals surface area contributed by atoms with Crippen molar-refractivity contribution in [3.05, 3.63) is 30.1 Å².